The summed E-state index contributed by atoms with van der Waals surface area (Å²) in [6.07, 6.45) is 3.97. The Morgan fingerprint density at radius 3 is 2.71 bits per heavy atom. The summed E-state index contributed by atoms with van der Waals surface area (Å²) in [5.74, 6) is 0.306. The minimum absolute atomic E-state index is 0.0788. The zero-order valence-electron chi connectivity index (χ0n) is 16.1. The first-order chi connectivity index (χ1) is 13.6. The van der Waals surface area contributed by atoms with Gasteiger partial charge in [-0.15, -0.1) is 0 Å². The maximum atomic E-state index is 14.9. The number of nitrogens with zero attached hydrogens (tertiary/aromatic N) is 5. The number of fused-ring (bicyclic) bond motifs is 1. The van der Waals surface area contributed by atoms with Crippen LogP contribution in [0, 0.1) is 12.4 Å². The second kappa shape index (κ2) is 7.56. The first-order valence-electron chi connectivity index (χ1n) is 9.47. The molecular weight excluding hydrogens is 357 g/mol. The van der Waals surface area contributed by atoms with Crippen LogP contribution in [0.25, 0.3) is 10.9 Å². The first kappa shape index (κ1) is 18.4. The Morgan fingerprint density at radius 2 is 2.00 bits per heavy atom. The van der Waals surface area contributed by atoms with Gasteiger partial charge in [-0.25, -0.2) is 19.2 Å². The first-order valence-corrected chi connectivity index (χ1v) is 9.47. The molecule has 2 heterocycles. The van der Waals surface area contributed by atoms with E-state index in [1.165, 1.54) is 6.33 Å². The van der Waals surface area contributed by atoms with Gasteiger partial charge in [0.15, 0.2) is 11.6 Å². The summed E-state index contributed by atoms with van der Waals surface area (Å²) in [6, 6.07) is 3.47. The quantitative estimate of drug-likeness (QED) is 0.750. The molecule has 1 aromatic heterocycles. The highest BCUT2D eigenvalue weighted by Crippen LogP contribution is 2.39. The average Bonchev–Trinajstić information content (AvgIpc) is 3.11. The van der Waals surface area contributed by atoms with Crippen molar-refractivity contribution in [1.82, 2.24) is 14.9 Å². The van der Waals surface area contributed by atoms with Gasteiger partial charge in [0.1, 0.15) is 12.1 Å². The summed E-state index contributed by atoms with van der Waals surface area (Å²) in [5.41, 5.74) is 2.84. The van der Waals surface area contributed by atoms with Crippen molar-refractivity contribution in [2.45, 2.75) is 20.3 Å². The zero-order valence-corrected chi connectivity index (χ0v) is 16.1. The Hall–Kier alpha value is -2.98. The number of allylic oxidation sites excluding steroid dienone is 1. The molecule has 1 fully saturated rings. The molecule has 0 spiro atoms. The Kier molecular flexibility index (Phi) is 4.97. The number of ether oxygens (including phenoxy) is 1. The lowest BCUT2D eigenvalue weighted by Gasteiger charge is -2.35. The molecule has 4 rings (SSSR count). The minimum atomic E-state index is -0.415. The molecule has 1 aromatic carbocycles. The van der Waals surface area contributed by atoms with Crippen LogP contribution in [0.4, 0.5) is 15.9 Å². The number of aromatic nitrogens is 2. The van der Waals surface area contributed by atoms with Gasteiger partial charge in [0.2, 0.25) is 5.88 Å². The molecule has 7 heteroatoms. The van der Waals surface area contributed by atoms with Crippen LogP contribution in [0.3, 0.4) is 0 Å². The highest BCUT2D eigenvalue weighted by atomic mass is 19.1. The minimum Gasteiger partial charge on any atom is -0.446 e. The van der Waals surface area contributed by atoms with Gasteiger partial charge in [0.25, 0.3) is 5.69 Å². The predicted octanol–water partition coefficient (Wildman–Crippen LogP) is 4.06. The molecule has 0 bridgehead atoms. The second-order valence-corrected chi connectivity index (χ2v) is 7.10. The van der Waals surface area contributed by atoms with Gasteiger partial charge in [-0.2, -0.15) is 0 Å². The van der Waals surface area contributed by atoms with Crippen molar-refractivity contribution < 1.29 is 9.13 Å². The molecule has 1 aliphatic heterocycles. The third-order valence-corrected chi connectivity index (χ3v) is 5.30. The number of rotatable bonds is 4. The Morgan fingerprint density at radius 1 is 1.21 bits per heavy atom. The highest BCUT2D eigenvalue weighted by Gasteiger charge is 2.24. The molecule has 1 saturated heterocycles. The van der Waals surface area contributed by atoms with E-state index in [1.54, 1.807) is 6.07 Å². The van der Waals surface area contributed by atoms with Gasteiger partial charge in [0.05, 0.1) is 6.57 Å². The van der Waals surface area contributed by atoms with E-state index in [0.717, 1.165) is 50.3 Å². The maximum absolute atomic E-state index is 14.9. The zero-order chi connectivity index (χ0) is 19.7. The van der Waals surface area contributed by atoms with Gasteiger partial charge in [-0.05, 0) is 31.5 Å². The van der Waals surface area contributed by atoms with Crippen molar-refractivity contribution in [2.24, 2.45) is 0 Å². The molecule has 1 aliphatic carbocycles. The number of piperazine rings is 1. The third-order valence-electron chi connectivity index (χ3n) is 5.30. The molecular formula is C21H22FN5O. The summed E-state index contributed by atoms with van der Waals surface area (Å²) in [5, 5.41) is 0. The van der Waals surface area contributed by atoms with E-state index in [-0.39, 0.29) is 17.3 Å². The number of hydrogen-bond donors (Lipinski definition) is 0. The standard InChI is InChI=1S/C21H22FN5O/c1-4-26-7-9-27(10-8-26)20-19(23-3)21(25-13-24-20)28-17-6-5-15-11-14(2)12-16(15)18(17)22/h5-6,12-13H,4,7-11H2,1-2H3. The molecule has 0 atom stereocenters. The molecule has 0 unspecified atom stereocenters. The number of anilines is 1. The Labute approximate surface area is 164 Å². The Balaban J connectivity index is 1.63. The van der Waals surface area contributed by atoms with Crippen molar-refractivity contribution in [1.29, 1.82) is 0 Å². The SMILES string of the molecule is [C-]#[N+]c1c(Oc2ccc3c(c2F)C=C(C)C3)ncnc1N1CCN(CC)CC1. The maximum Gasteiger partial charge on any atom is 0.288 e. The van der Waals surface area contributed by atoms with Crippen LogP contribution < -0.4 is 9.64 Å². The topological polar surface area (TPSA) is 45.9 Å². The molecule has 0 amide bonds. The number of likely N-dealkylation sites (N-methyl/N-ethyl adjacent to an activating group) is 1. The number of hydrogen-bond acceptors (Lipinski definition) is 5. The molecule has 0 N–H and O–H groups in total. The van der Waals surface area contributed by atoms with Gasteiger partial charge >= 0.3 is 0 Å². The van der Waals surface area contributed by atoms with E-state index in [2.05, 4.69) is 31.5 Å². The normalized spacial score (nSPS) is 16.5. The molecule has 2 aliphatic rings. The van der Waals surface area contributed by atoms with Crippen LogP contribution in [0.5, 0.6) is 11.6 Å². The highest BCUT2D eigenvalue weighted by molar-refractivity contribution is 5.72. The largest absolute Gasteiger partial charge is 0.446 e. The summed E-state index contributed by atoms with van der Waals surface area (Å²) in [7, 11) is 0. The van der Waals surface area contributed by atoms with Crippen LogP contribution in [-0.2, 0) is 6.42 Å². The molecule has 0 radical (unpaired) electrons. The molecule has 28 heavy (non-hydrogen) atoms. The monoisotopic (exact) mass is 379 g/mol. The van der Waals surface area contributed by atoms with Crippen LogP contribution in [0.2, 0.25) is 0 Å². The molecule has 144 valence electrons. The van der Waals surface area contributed by atoms with Crippen LogP contribution >= 0.6 is 0 Å². The van der Waals surface area contributed by atoms with E-state index in [1.807, 2.05) is 19.1 Å². The van der Waals surface area contributed by atoms with E-state index in [9.17, 15) is 4.39 Å². The van der Waals surface area contributed by atoms with Crippen molar-refractivity contribution in [3.8, 4) is 11.6 Å². The summed E-state index contributed by atoms with van der Waals surface area (Å²) >= 11 is 0. The summed E-state index contributed by atoms with van der Waals surface area (Å²) < 4.78 is 20.7. The van der Waals surface area contributed by atoms with Crippen molar-refractivity contribution in [3.63, 3.8) is 0 Å². The summed E-state index contributed by atoms with van der Waals surface area (Å²) in [6.45, 7) is 16.1. The smallest absolute Gasteiger partial charge is 0.288 e. The lowest BCUT2D eigenvalue weighted by molar-refractivity contribution is 0.270. The van der Waals surface area contributed by atoms with Crippen molar-refractivity contribution >= 4 is 17.6 Å². The second-order valence-electron chi connectivity index (χ2n) is 7.10. The van der Waals surface area contributed by atoms with E-state index < -0.39 is 5.82 Å². The fraction of sp³-hybridized carbons (Fsp3) is 0.381. The Bertz CT molecular complexity index is 973. The van der Waals surface area contributed by atoms with Crippen molar-refractivity contribution in [3.05, 3.63) is 52.4 Å². The number of halogens is 1. The lowest BCUT2D eigenvalue weighted by atomic mass is 10.1. The van der Waals surface area contributed by atoms with Crippen LogP contribution in [0.15, 0.2) is 24.0 Å². The van der Waals surface area contributed by atoms with Gasteiger partial charge in [-0.3, -0.25) is 0 Å². The fourth-order valence-corrected chi connectivity index (χ4v) is 3.74. The predicted molar refractivity (Wildman–Crippen MR) is 106 cm³/mol. The molecule has 0 saturated carbocycles. The lowest BCUT2D eigenvalue weighted by Crippen LogP contribution is -2.46. The van der Waals surface area contributed by atoms with E-state index in [0.29, 0.717) is 11.4 Å². The third kappa shape index (κ3) is 3.32. The van der Waals surface area contributed by atoms with Crippen LogP contribution in [0.1, 0.15) is 25.0 Å². The van der Waals surface area contributed by atoms with E-state index >= 15 is 0 Å². The van der Waals surface area contributed by atoms with Gasteiger partial charge < -0.3 is 14.5 Å². The summed E-state index contributed by atoms with van der Waals surface area (Å²) in [4.78, 5) is 16.5. The van der Waals surface area contributed by atoms with Gasteiger partial charge in [0, 0.05) is 31.7 Å². The van der Waals surface area contributed by atoms with Crippen molar-refractivity contribution in [2.75, 3.05) is 37.6 Å². The molecule has 2 aromatic rings. The fourth-order valence-electron chi connectivity index (χ4n) is 3.74. The van der Waals surface area contributed by atoms with Gasteiger partial charge in [-0.1, -0.05) is 24.6 Å². The average molecular weight is 379 g/mol. The van der Waals surface area contributed by atoms with E-state index in [4.69, 9.17) is 11.3 Å². The number of benzene rings is 1. The van der Waals surface area contributed by atoms with Crippen LogP contribution in [-0.4, -0.2) is 47.6 Å². The molecule has 6 nitrogen and oxygen atoms in total.